The molecule has 3 rings (SSSR count). The number of aliphatic carboxylic acids is 1. The van der Waals surface area contributed by atoms with Crippen LogP contribution in [-0.2, 0) is 11.2 Å². The van der Waals surface area contributed by atoms with Crippen LogP contribution in [0.5, 0.6) is 11.5 Å². The topological polar surface area (TPSA) is 103 Å². The van der Waals surface area contributed by atoms with Crippen molar-refractivity contribution >= 4 is 70.9 Å². The maximum absolute atomic E-state index is 13.1. The minimum atomic E-state index is -1.10. The summed E-state index contributed by atoms with van der Waals surface area (Å²) in [7, 11) is 0. The number of hydrogen-bond donors (Lipinski definition) is 1. The van der Waals surface area contributed by atoms with E-state index in [1.165, 1.54) is 17.8 Å². The Kier molecular flexibility index (Phi) is 8.30. The van der Waals surface area contributed by atoms with Crippen molar-refractivity contribution in [1.82, 2.24) is 9.66 Å². The van der Waals surface area contributed by atoms with E-state index < -0.39 is 12.1 Å². The molecular formula is C22H20Br3N3O5. The second-order valence-electron chi connectivity index (χ2n) is 6.86. The molecule has 0 fully saturated rings. The van der Waals surface area contributed by atoms with Gasteiger partial charge in [0.2, 0.25) is 0 Å². The van der Waals surface area contributed by atoms with E-state index in [9.17, 15) is 14.7 Å². The fourth-order valence-corrected chi connectivity index (χ4v) is 4.24. The predicted molar refractivity (Wildman–Crippen MR) is 137 cm³/mol. The molecule has 2 aromatic carbocycles. The number of ether oxygens (including phenoxy) is 2. The fourth-order valence-electron chi connectivity index (χ4n) is 2.96. The lowest BCUT2D eigenvalue weighted by Crippen LogP contribution is -2.23. The summed E-state index contributed by atoms with van der Waals surface area (Å²) >= 11 is 10.3. The van der Waals surface area contributed by atoms with Crippen LogP contribution in [0.2, 0.25) is 0 Å². The van der Waals surface area contributed by atoms with Gasteiger partial charge in [-0.15, -0.1) is 0 Å². The Hall–Kier alpha value is -2.24. The Labute approximate surface area is 215 Å². The second-order valence-corrected chi connectivity index (χ2v) is 9.36. The van der Waals surface area contributed by atoms with E-state index in [0.29, 0.717) is 50.0 Å². The number of fused-ring (bicyclic) bond motifs is 1. The predicted octanol–water partition coefficient (Wildman–Crippen LogP) is 5.38. The Balaban J connectivity index is 2.12. The summed E-state index contributed by atoms with van der Waals surface area (Å²) in [6, 6.07) is 6.99. The maximum Gasteiger partial charge on any atom is 0.344 e. The highest BCUT2D eigenvalue weighted by molar-refractivity contribution is 9.13. The van der Waals surface area contributed by atoms with E-state index >= 15 is 0 Å². The number of carboxylic acid groups (broad SMARTS) is 1. The minimum Gasteiger partial charge on any atom is -0.490 e. The van der Waals surface area contributed by atoms with Crippen LogP contribution in [0.15, 0.2) is 47.6 Å². The van der Waals surface area contributed by atoms with Gasteiger partial charge in [-0.3, -0.25) is 4.79 Å². The van der Waals surface area contributed by atoms with Crippen LogP contribution in [0, 0.1) is 0 Å². The zero-order valence-corrected chi connectivity index (χ0v) is 22.7. The van der Waals surface area contributed by atoms with Gasteiger partial charge < -0.3 is 14.6 Å². The molecule has 0 aliphatic carbocycles. The van der Waals surface area contributed by atoms with Crippen molar-refractivity contribution in [3.8, 4) is 11.5 Å². The van der Waals surface area contributed by atoms with Gasteiger partial charge in [-0.05, 0) is 70.0 Å². The highest BCUT2D eigenvalue weighted by Gasteiger charge is 2.22. The molecule has 11 heteroatoms. The maximum atomic E-state index is 13.1. The lowest BCUT2D eigenvalue weighted by atomic mass is 10.2. The first kappa shape index (κ1) is 25.4. The number of benzene rings is 2. The third kappa shape index (κ3) is 5.47. The third-order valence-electron chi connectivity index (χ3n) is 4.60. The number of carbonyl (C=O) groups is 1. The number of nitrogens with zero attached hydrogens (tertiary/aromatic N) is 3. The van der Waals surface area contributed by atoms with Crippen LogP contribution in [0.25, 0.3) is 10.9 Å². The van der Waals surface area contributed by atoms with Crippen LogP contribution in [0.3, 0.4) is 0 Å². The Morgan fingerprint density at radius 2 is 1.97 bits per heavy atom. The largest absolute Gasteiger partial charge is 0.490 e. The summed E-state index contributed by atoms with van der Waals surface area (Å²) in [6.07, 6.45) is 0.932. The molecule has 8 nitrogen and oxygen atoms in total. The Morgan fingerprint density at radius 3 is 2.61 bits per heavy atom. The number of aryl methyl sites for hydroxylation is 1. The Bertz CT molecular complexity index is 1310. The lowest BCUT2D eigenvalue weighted by molar-refractivity contribution is -0.144. The molecule has 1 atom stereocenters. The zero-order valence-electron chi connectivity index (χ0n) is 17.9. The van der Waals surface area contributed by atoms with Crippen molar-refractivity contribution in [2.45, 2.75) is 33.3 Å². The number of halogens is 3. The molecule has 1 aromatic heterocycles. The van der Waals surface area contributed by atoms with Crippen LogP contribution < -0.4 is 15.0 Å². The van der Waals surface area contributed by atoms with Crippen LogP contribution in [0.4, 0.5) is 0 Å². The number of aromatic nitrogens is 2. The summed E-state index contributed by atoms with van der Waals surface area (Å²) in [4.78, 5) is 28.9. The highest BCUT2D eigenvalue weighted by atomic mass is 79.9. The number of rotatable bonds is 8. The molecule has 0 spiro atoms. The first-order valence-corrected chi connectivity index (χ1v) is 12.4. The molecule has 0 bridgehead atoms. The summed E-state index contributed by atoms with van der Waals surface area (Å²) in [6.45, 7) is 5.47. The molecule has 0 amide bonds. The van der Waals surface area contributed by atoms with Crippen molar-refractivity contribution < 1.29 is 19.4 Å². The highest BCUT2D eigenvalue weighted by Crippen LogP contribution is 2.43. The van der Waals surface area contributed by atoms with E-state index in [1.807, 2.05) is 13.0 Å². The minimum absolute atomic E-state index is 0.249. The Morgan fingerprint density at radius 1 is 1.24 bits per heavy atom. The SMILES string of the molecule is CCOc1cc(C=Nn2c(CC)nc3ccc(Br)cc3c2=O)c(Br)c(Br)c1O[C@@H](C)C(=O)O. The molecule has 174 valence electrons. The molecule has 33 heavy (non-hydrogen) atoms. The fraction of sp³-hybridized carbons (Fsp3) is 0.273. The van der Waals surface area contributed by atoms with Gasteiger partial charge in [-0.25, -0.2) is 9.78 Å². The van der Waals surface area contributed by atoms with Gasteiger partial charge in [0.25, 0.3) is 5.56 Å². The molecule has 0 radical (unpaired) electrons. The van der Waals surface area contributed by atoms with E-state index in [4.69, 9.17) is 9.47 Å². The van der Waals surface area contributed by atoms with Crippen molar-refractivity contribution in [1.29, 1.82) is 0 Å². The van der Waals surface area contributed by atoms with E-state index in [2.05, 4.69) is 57.9 Å². The number of carboxylic acids is 1. The van der Waals surface area contributed by atoms with Gasteiger partial charge in [0.05, 0.1) is 28.2 Å². The van der Waals surface area contributed by atoms with Gasteiger partial charge in [0, 0.05) is 20.9 Å². The van der Waals surface area contributed by atoms with Crippen LogP contribution in [0.1, 0.15) is 32.2 Å². The summed E-state index contributed by atoms with van der Waals surface area (Å²) in [5, 5.41) is 14.1. The van der Waals surface area contributed by atoms with Crippen LogP contribution in [-0.4, -0.2) is 39.7 Å². The molecule has 0 unspecified atom stereocenters. The standard InChI is InChI=1S/C22H20Br3N3O5/c1-4-17-27-15-7-6-13(23)9-14(15)21(29)28(17)26-10-12-8-16(32-5-2)20(19(25)18(12)24)33-11(3)22(30)31/h6-11H,4-5H2,1-3H3,(H,30,31)/t11-/m0/s1. The van der Waals surface area contributed by atoms with Crippen molar-refractivity contribution in [3.05, 3.63) is 59.4 Å². The van der Waals surface area contributed by atoms with E-state index in [1.54, 1.807) is 25.1 Å². The molecule has 0 aliphatic heterocycles. The second kappa shape index (κ2) is 10.8. The van der Waals surface area contributed by atoms with Gasteiger partial charge in [0.1, 0.15) is 5.82 Å². The van der Waals surface area contributed by atoms with E-state index in [0.717, 1.165) is 4.47 Å². The number of hydrogen-bond acceptors (Lipinski definition) is 6. The molecule has 0 aliphatic rings. The summed E-state index contributed by atoms with van der Waals surface area (Å²) in [5.74, 6) is -0.000264. The average Bonchev–Trinajstić information content (AvgIpc) is 2.78. The normalized spacial score (nSPS) is 12.3. The molecule has 0 saturated carbocycles. The van der Waals surface area contributed by atoms with Crippen molar-refractivity contribution in [2.75, 3.05) is 6.61 Å². The van der Waals surface area contributed by atoms with Crippen molar-refractivity contribution in [2.24, 2.45) is 5.10 Å². The zero-order chi connectivity index (χ0) is 24.3. The molecular weight excluding hydrogens is 626 g/mol. The summed E-state index contributed by atoms with van der Waals surface area (Å²) in [5.41, 5.74) is 0.900. The molecule has 3 aromatic rings. The van der Waals surface area contributed by atoms with E-state index in [-0.39, 0.29) is 11.3 Å². The van der Waals surface area contributed by atoms with Gasteiger partial charge >= 0.3 is 5.97 Å². The molecule has 1 N–H and O–H groups in total. The first-order valence-electron chi connectivity index (χ1n) is 9.97. The average molecular weight is 646 g/mol. The lowest BCUT2D eigenvalue weighted by Gasteiger charge is -2.18. The first-order chi connectivity index (χ1) is 15.7. The van der Waals surface area contributed by atoms with Gasteiger partial charge in [-0.1, -0.05) is 22.9 Å². The quantitative estimate of drug-likeness (QED) is 0.330. The smallest absolute Gasteiger partial charge is 0.344 e. The third-order valence-corrected chi connectivity index (χ3v) is 7.24. The van der Waals surface area contributed by atoms with Gasteiger partial charge in [0.15, 0.2) is 17.6 Å². The molecule has 0 saturated heterocycles. The van der Waals surface area contributed by atoms with Gasteiger partial charge in [-0.2, -0.15) is 9.78 Å². The van der Waals surface area contributed by atoms with Crippen LogP contribution >= 0.6 is 47.8 Å². The summed E-state index contributed by atoms with van der Waals surface area (Å²) < 4.78 is 14.3. The molecule has 1 heterocycles. The monoisotopic (exact) mass is 643 g/mol. The van der Waals surface area contributed by atoms with Crippen molar-refractivity contribution in [3.63, 3.8) is 0 Å².